The molecule has 0 bridgehead atoms. The lowest BCUT2D eigenvalue weighted by Crippen LogP contribution is -2.31. The summed E-state index contributed by atoms with van der Waals surface area (Å²) in [6.07, 6.45) is 0. The second kappa shape index (κ2) is 6.40. The lowest BCUT2D eigenvalue weighted by Gasteiger charge is -2.23. The standard InChI is InChI=1S/C14H11Cl2F2NO2S/c1-2-19(14-6-3-9(17)7-13(14)18)22(20,21)10-4-5-11(15)12(16)8-10/h3-8H,2H2,1H3. The average molecular weight is 366 g/mol. The quantitative estimate of drug-likeness (QED) is 0.800. The van der Waals surface area contributed by atoms with Gasteiger partial charge < -0.3 is 0 Å². The van der Waals surface area contributed by atoms with Gasteiger partial charge in [-0.05, 0) is 37.3 Å². The van der Waals surface area contributed by atoms with Gasteiger partial charge in [0.15, 0.2) is 0 Å². The summed E-state index contributed by atoms with van der Waals surface area (Å²) >= 11 is 11.6. The third-order valence-electron chi connectivity index (χ3n) is 2.94. The van der Waals surface area contributed by atoms with Crippen LogP contribution in [0.5, 0.6) is 0 Å². The van der Waals surface area contributed by atoms with Crippen molar-refractivity contribution >= 4 is 38.9 Å². The van der Waals surface area contributed by atoms with Crippen LogP contribution in [0.25, 0.3) is 0 Å². The third kappa shape index (κ3) is 3.19. The van der Waals surface area contributed by atoms with Crippen molar-refractivity contribution in [2.75, 3.05) is 10.8 Å². The first kappa shape index (κ1) is 17.0. The summed E-state index contributed by atoms with van der Waals surface area (Å²) in [6.45, 7) is 1.50. The summed E-state index contributed by atoms with van der Waals surface area (Å²) in [5.74, 6) is -1.75. The molecule has 0 unspecified atom stereocenters. The fourth-order valence-corrected chi connectivity index (χ4v) is 3.79. The summed E-state index contributed by atoms with van der Waals surface area (Å²) in [4.78, 5) is -0.132. The van der Waals surface area contributed by atoms with Crippen LogP contribution in [0, 0.1) is 11.6 Å². The molecule has 2 rings (SSSR count). The molecule has 0 aliphatic rings. The van der Waals surface area contributed by atoms with Crippen LogP contribution in [0.15, 0.2) is 41.3 Å². The Morgan fingerprint density at radius 1 is 1.05 bits per heavy atom. The van der Waals surface area contributed by atoms with Crippen LogP contribution in [-0.2, 0) is 10.0 Å². The Morgan fingerprint density at radius 2 is 1.73 bits per heavy atom. The second-order valence-electron chi connectivity index (χ2n) is 4.34. The van der Waals surface area contributed by atoms with Crippen molar-refractivity contribution in [2.24, 2.45) is 0 Å². The molecular formula is C14H11Cl2F2NO2S. The Labute approximate surface area is 137 Å². The molecule has 118 valence electrons. The molecule has 0 fully saturated rings. The lowest BCUT2D eigenvalue weighted by atomic mass is 10.3. The predicted molar refractivity (Wildman–Crippen MR) is 83.0 cm³/mol. The van der Waals surface area contributed by atoms with Crippen LogP contribution in [-0.4, -0.2) is 15.0 Å². The Morgan fingerprint density at radius 3 is 2.27 bits per heavy atom. The minimum Gasteiger partial charge on any atom is -0.264 e. The Balaban J connectivity index is 2.55. The van der Waals surface area contributed by atoms with Crippen molar-refractivity contribution in [1.82, 2.24) is 0 Å². The lowest BCUT2D eigenvalue weighted by molar-refractivity contribution is 0.574. The average Bonchev–Trinajstić information content (AvgIpc) is 2.44. The van der Waals surface area contributed by atoms with Crippen LogP contribution < -0.4 is 4.31 Å². The summed E-state index contributed by atoms with van der Waals surface area (Å²) in [6, 6.07) is 6.49. The first-order valence-electron chi connectivity index (χ1n) is 6.20. The predicted octanol–water partition coefficient (Wildman–Crippen LogP) is 4.49. The Bertz CT molecular complexity index is 812. The number of benzene rings is 2. The molecule has 0 heterocycles. The second-order valence-corrected chi connectivity index (χ2v) is 7.02. The van der Waals surface area contributed by atoms with E-state index in [0.29, 0.717) is 6.07 Å². The van der Waals surface area contributed by atoms with Crippen molar-refractivity contribution in [1.29, 1.82) is 0 Å². The van der Waals surface area contributed by atoms with E-state index in [4.69, 9.17) is 23.2 Å². The minimum absolute atomic E-state index is 0.0366. The van der Waals surface area contributed by atoms with Gasteiger partial charge in [0.2, 0.25) is 0 Å². The monoisotopic (exact) mass is 365 g/mol. The zero-order valence-electron chi connectivity index (χ0n) is 11.4. The summed E-state index contributed by atoms with van der Waals surface area (Å²) in [7, 11) is -4.05. The molecule has 0 aliphatic carbocycles. The van der Waals surface area contributed by atoms with Gasteiger partial charge >= 0.3 is 0 Å². The topological polar surface area (TPSA) is 37.4 Å². The van der Waals surface area contributed by atoms with E-state index in [9.17, 15) is 17.2 Å². The molecule has 0 aromatic heterocycles. The van der Waals surface area contributed by atoms with Gasteiger partial charge in [-0.3, -0.25) is 4.31 Å². The molecule has 0 saturated carbocycles. The first-order chi connectivity index (χ1) is 10.3. The zero-order chi connectivity index (χ0) is 16.5. The van der Waals surface area contributed by atoms with Gasteiger partial charge in [-0.15, -0.1) is 0 Å². The zero-order valence-corrected chi connectivity index (χ0v) is 13.7. The van der Waals surface area contributed by atoms with E-state index in [2.05, 4.69) is 0 Å². The van der Waals surface area contributed by atoms with Crippen LogP contribution in [0.3, 0.4) is 0 Å². The molecule has 22 heavy (non-hydrogen) atoms. The smallest absolute Gasteiger partial charge is 0.264 e. The minimum atomic E-state index is -4.05. The van der Waals surface area contributed by atoms with Crippen LogP contribution in [0.2, 0.25) is 10.0 Å². The van der Waals surface area contributed by atoms with Crippen molar-refractivity contribution in [2.45, 2.75) is 11.8 Å². The number of hydrogen-bond acceptors (Lipinski definition) is 2. The van der Waals surface area contributed by atoms with Gasteiger partial charge in [0.05, 0.1) is 20.6 Å². The molecule has 0 amide bonds. The summed E-state index contributed by atoms with van der Waals surface area (Å²) in [5, 5.41) is 0.273. The maximum absolute atomic E-state index is 13.9. The Hall–Kier alpha value is -1.37. The largest absolute Gasteiger partial charge is 0.264 e. The van der Waals surface area contributed by atoms with Gasteiger partial charge in [0.1, 0.15) is 11.6 Å². The molecule has 0 spiro atoms. The molecule has 2 aromatic carbocycles. The number of nitrogens with zero attached hydrogens (tertiary/aromatic N) is 1. The van der Waals surface area contributed by atoms with Crippen molar-refractivity contribution < 1.29 is 17.2 Å². The van der Waals surface area contributed by atoms with E-state index in [-0.39, 0.29) is 27.2 Å². The van der Waals surface area contributed by atoms with E-state index >= 15 is 0 Å². The highest BCUT2D eigenvalue weighted by atomic mass is 35.5. The van der Waals surface area contributed by atoms with E-state index in [1.807, 2.05) is 0 Å². The van der Waals surface area contributed by atoms with E-state index in [1.165, 1.54) is 25.1 Å². The maximum atomic E-state index is 13.9. The summed E-state index contributed by atoms with van der Waals surface area (Å²) < 4.78 is 53.0. The van der Waals surface area contributed by atoms with Gasteiger partial charge in [-0.2, -0.15) is 0 Å². The van der Waals surface area contributed by atoms with E-state index in [1.54, 1.807) is 0 Å². The molecular weight excluding hydrogens is 355 g/mol. The number of rotatable bonds is 4. The normalized spacial score (nSPS) is 11.5. The third-order valence-corrected chi connectivity index (χ3v) is 5.57. The van der Waals surface area contributed by atoms with Crippen molar-refractivity contribution in [3.05, 3.63) is 58.1 Å². The van der Waals surface area contributed by atoms with Crippen molar-refractivity contribution in [3.8, 4) is 0 Å². The number of hydrogen-bond donors (Lipinski definition) is 0. The first-order valence-corrected chi connectivity index (χ1v) is 8.39. The van der Waals surface area contributed by atoms with Crippen molar-refractivity contribution in [3.63, 3.8) is 0 Å². The number of halogens is 4. The van der Waals surface area contributed by atoms with Gasteiger partial charge in [-0.25, -0.2) is 17.2 Å². The molecule has 0 radical (unpaired) electrons. The highest BCUT2D eigenvalue weighted by Crippen LogP contribution is 2.30. The van der Waals surface area contributed by atoms with Gasteiger partial charge in [0.25, 0.3) is 10.0 Å². The Kier molecular flexibility index (Phi) is 4.94. The van der Waals surface area contributed by atoms with Crippen LogP contribution in [0.4, 0.5) is 14.5 Å². The number of anilines is 1. The van der Waals surface area contributed by atoms with Crippen LogP contribution in [0.1, 0.15) is 6.92 Å². The molecule has 0 atom stereocenters. The fraction of sp³-hybridized carbons (Fsp3) is 0.143. The molecule has 0 N–H and O–H groups in total. The molecule has 8 heteroatoms. The SMILES string of the molecule is CCN(c1ccc(F)cc1F)S(=O)(=O)c1ccc(Cl)c(Cl)c1. The maximum Gasteiger partial charge on any atom is 0.264 e. The molecule has 3 nitrogen and oxygen atoms in total. The number of sulfonamides is 1. The highest BCUT2D eigenvalue weighted by Gasteiger charge is 2.26. The van der Waals surface area contributed by atoms with Gasteiger partial charge in [0, 0.05) is 12.6 Å². The van der Waals surface area contributed by atoms with E-state index in [0.717, 1.165) is 16.4 Å². The molecule has 2 aromatic rings. The molecule has 0 saturated heterocycles. The van der Waals surface area contributed by atoms with E-state index < -0.39 is 21.7 Å². The summed E-state index contributed by atoms with van der Waals surface area (Å²) in [5.41, 5.74) is -0.241. The van der Waals surface area contributed by atoms with Crippen LogP contribution >= 0.6 is 23.2 Å². The highest BCUT2D eigenvalue weighted by molar-refractivity contribution is 7.92. The molecule has 0 aliphatic heterocycles. The fourth-order valence-electron chi connectivity index (χ4n) is 1.92. The van der Waals surface area contributed by atoms with Gasteiger partial charge in [-0.1, -0.05) is 23.2 Å².